The number of benzene rings is 1. The maximum absolute atomic E-state index is 12.0. The van der Waals surface area contributed by atoms with Crippen LogP contribution >= 0.6 is 15.9 Å². The van der Waals surface area contributed by atoms with Crippen molar-refractivity contribution in [1.29, 1.82) is 0 Å². The van der Waals surface area contributed by atoms with Gasteiger partial charge in [-0.15, -0.1) is 0 Å². The van der Waals surface area contributed by atoms with Crippen LogP contribution in [0, 0.1) is 10.1 Å². The fourth-order valence-electron chi connectivity index (χ4n) is 1.62. The van der Waals surface area contributed by atoms with E-state index in [-0.39, 0.29) is 23.7 Å². The second-order valence-electron chi connectivity index (χ2n) is 4.06. The lowest BCUT2D eigenvalue weighted by atomic mass is 10.2. The fraction of sp³-hybridized carbons (Fsp3) is 0.167. The number of nitro groups is 1. The van der Waals surface area contributed by atoms with E-state index in [4.69, 9.17) is 0 Å². The average molecular weight is 339 g/mol. The Hall–Kier alpha value is -2.22. The molecule has 1 N–H and O–H groups in total. The summed E-state index contributed by atoms with van der Waals surface area (Å²) in [6.45, 7) is 0.256. The van der Waals surface area contributed by atoms with Gasteiger partial charge in [0.25, 0.3) is 11.6 Å². The minimum Gasteiger partial charge on any atom is -0.345 e. The number of imidazole rings is 1. The zero-order valence-electron chi connectivity index (χ0n) is 10.5. The Bertz CT molecular complexity index is 668. The third-order valence-corrected chi connectivity index (χ3v) is 3.40. The molecule has 1 aromatic heterocycles. The first-order valence-corrected chi connectivity index (χ1v) is 6.46. The lowest BCUT2D eigenvalue weighted by Crippen LogP contribution is -2.24. The van der Waals surface area contributed by atoms with Crippen LogP contribution in [0.5, 0.6) is 0 Å². The molecule has 0 aliphatic rings. The van der Waals surface area contributed by atoms with Crippen molar-refractivity contribution in [2.75, 3.05) is 0 Å². The van der Waals surface area contributed by atoms with Crippen LogP contribution in [0.1, 0.15) is 16.2 Å². The molecule has 0 radical (unpaired) electrons. The molecule has 7 nitrogen and oxygen atoms in total. The van der Waals surface area contributed by atoms with Crippen molar-refractivity contribution in [2.24, 2.45) is 7.05 Å². The molecule has 0 unspecified atom stereocenters. The summed E-state index contributed by atoms with van der Waals surface area (Å²) in [5.41, 5.74) is 0.0868. The first kappa shape index (κ1) is 14.2. The molecule has 0 spiro atoms. The average Bonchev–Trinajstić information content (AvgIpc) is 2.81. The number of hydrogen-bond donors (Lipinski definition) is 1. The van der Waals surface area contributed by atoms with Crippen molar-refractivity contribution in [3.8, 4) is 0 Å². The second-order valence-corrected chi connectivity index (χ2v) is 4.91. The predicted octanol–water partition coefficient (Wildman–Crippen LogP) is 2.02. The minimum absolute atomic E-state index is 0.144. The summed E-state index contributed by atoms with van der Waals surface area (Å²) < 4.78 is 2.12. The molecular weight excluding hydrogens is 328 g/mol. The molecule has 0 saturated heterocycles. The third-order valence-electron chi connectivity index (χ3n) is 2.73. The van der Waals surface area contributed by atoms with E-state index < -0.39 is 4.92 Å². The Morgan fingerprint density at radius 3 is 2.90 bits per heavy atom. The molecule has 0 bridgehead atoms. The Kier molecular flexibility index (Phi) is 4.14. The zero-order chi connectivity index (χ0) is 14.7. The molecule has 1 amide bonds. The van der Waals surface area contributed by atoms with Crippen molar-refractivity contribution < 1.29 is 9.72 Å². The van der Waals surface area contributed by atoms with Gasteiger partial charge in [0.05, 0.1) is 15.9 Å². The van der Waals surface area contributed by atoms with Gasteiger partial charge in [0.2, 0.25) is 0 Å². The van der Waals surface area contributed by atoms with Crippen LogP contribution in [0.3, 0.4) is 0 Å². The molecule has 1 aromatic carbocycles. The Labute approximate surface area is 122 Å². The van der Waals surface area contributed by atoms with Gasteiger partial charge in [-0.1, -0.05) is 0 Å². The summed E-state index contributed by atoms with van der Waals surface area (Å²) in [5, 5.41) is 13.5. The molecule has 8 heteroatoms. The van der Waals surface area contributed by atoms with Gasteiger partial charge in [-0.25, -0.2) is 4.98 Å². The van der Waals surface area contributed by atoms with Crippen LogP contribution in [-0.2, 0) is 13.6 Å². The van der Waals surface area contributed by atoms with E-state index in [0.717, 1.165) is 0 Å². The van der Waals surface area contributed by atoms with Gasteiger partial charge in [-0.2, -0.15) is 0 Å². The molecule has 0 atom stereocenters. The van der Waals surface area contributed by atoms with Gasteiger partial charge < -0.3 is 9.88 Å². The SMILES string of the molecule is Cn1ccnc1CNC(=O)c1ccc(Br)c([N+](=O)[O-])c1. The quantitative estimate of drug-likeness (QED) is 0.682. The Morgan fingerprint density at radius 1 is 1.55 bits per heavy atom. The van der Waals surface area contributed by atoms with Gasteiger partial charge >= 0.3 is 0 Å². The highest BCUT2D eigenvalue weighted by Crippen LogP contribution is 2.25. The largest absolute Gasteiger partial charge is 0.345 e. The summed E-state index contributed by atoms with van der Waals surface area (Å²) in [6.07, 6.45) is 3.40. The number of halogens is 1. The lowest BCUT2D eigenvalue weighted by Gasteiger charge is -2.06. The normalized spacial score (nSPS) is 10.3. The van der Waals surface area contributed by atoms with E-state index in [0.29, 0.717) is 10.3 Å². The van der Waals surface area contributed by atoms with Crippen LogP contribution < -0.4 is 5.32 Å². The monoisotopic (exact) mass is 338 g/mol. The number of carbonyl (C=O) groups is 1. The summed E-state index contributed by atoms with van der Waals surface area (Å²) >= 11 is 3.07. The summed E-state index contributed by atoms with van der Waals surface area (Å²) in [6, 6.07) is 4.23. The maximum Gasteiger partial charge on any atom is 0.284 e. The zero-order valence-corrected chi connectivity index (χ0v) is 12.1. The van der Waals surface area contributed by atoms with E-state index in [1.807, 2.05) is 7.05 Å². The standard InChI is InChI=1S/C12H11BrN4O3/c1-16-5-4-14-11(16)7-15-12(18)8-2-3-9(13)10(6-8)17(19)20/h2-6H,7H2,1H3,(H,15,18). The summed E-state index contributed by atoms with van der Waals surface area (Å²) in [4.78, 5) is 26.3. The molecule has 0 fully saturated rings. The van der Waals surface area contributed by atoms with Gasteiger partial charge in [0, 0.05) is 31.1 Å². The topological polar surface area (TPSA) is 90.1 Å². The number of aryl methyl sites for hydroxylation is 1. The molecule has 0 aliphatic carbocycles. The number of carbonyl (C=O) groups excluding carboxylic acids is 1. The van der Waals surface area contributed by atoms with Crippen LogP contribution in [0.2, 0.25) is 0 Å². The first-order chi connectivity index (χ1) is 9.49. The van der Waals surface area contributed by atoms with Gasteiger partial charge in [0.15, 0.2) is 0 Å². The van der Waals surface area contributed by atoms with E-state index in [1.54, 1.807) is 17.0 Å². The summed E-state index contributed by atoms with van der Waals surface area (Å²) in [5.74, 6) is 0.313. The molecule has 1 heterocycles. The molecule has 20 heavy (non-hydrogen) atoms. The molecule has 0 aliphatic heterocycles. The van der Waals surface area contributed by atoms with E-state index >= 15 is 0 Å². The maximum atomic E-state index is 12.0. The molecule has 2 aromatic rings. The lowest BCUT2D eigenvalue weighted by molar-refractivity contribution is -0.385. The van der Waals surface area contributed by atoms with Crippen molar-refractivity contribution >= 4 is 27.5 Å². The highest BCUT2D eigenvalue weighted by molar-refractivity contribution is 9.10. The molecule has 2 rings (SSSR count). The van der Waals surface area contributed by atoms with Crippen molar-refractivity contribution in [2.45, 2.75) is 6.54 Å². The summed E-state index contributed by atoms with van der Waals surface area (Å²) in [7, 11) is 1.82. The van der Waals surface area contributed by atoms with Crippen LogP contribution in [0.25, 0.3) is 0 Å². The molecule has 104 valence electrons. The molecule has 0 saturated carbocycles. The number of amides is 1. The van der Waals surface area contributed by atoms with Gasteiger partial charge in [-0.05, 0) is 28.1 Å². The predicted molar refractivity (Wildman–Crippen MR) is 75.2 cm³/mol. The van der Waals surface area contributed by atoms with E-state index in [1.165, 1.54) is 18.2 Å². The number of nitro benzene ring substituents is 1. The van der Waals surface area contributed by atoms with E-state index in [2.05, 4.69) is 26.2 Å². The Balaban J connectivity index is 2.12. The third kappa shape index (κ3) is 3.02. The van der Waals surface area contributed by atoms with Crippen LogP contribution in [-0.4, -0.2) is 20.4 Å². The fourth-order valence-corrected chi connectivity index (χ4v) is 2.01. The first-order valence-electron chi connectivity index (χ1n) is 5.67. The molecular formula is C12H11BrN4O3. The number of nitrogens with one attached hydrogen (secondary N) is 1. The Morgan fingerprint density at radius 2 is 2.30 bits per heavy atom. The number of aromatic nitrogens is 2. The smallest absolute Gasteiger partial charge is 0.284 e. The van der Waals surface area contributed by atoms with Crippen molar-refractivity contribution in [1.82, 2.24) is 14.9 Å². The van der Waals surface area contributed by atoms with Crippen molar-refractivity contribution in [3.63, 3.8) is 0 Å². The van der Waals surface area contributed by atoms with Crippen LogP contribution in [0.15, 0.2) is 35.1 Å². The van der Waals surface area contributed by atoms with Crippen LogP contribution in [0.4, 0.5) is 5.69 Å². The van der Waals surface area contributed by atoms with Crippen molar-refractivity contribution in [3.05, 3.63) is 56.6 Å². The highest BCUT2D eigenvalue weighted by atomic mass is 79.9. The van der Waals surface area contributed by atoms with E-state index in [9.17, 15) is 14.9 Å². The minimum atomic E-state index is -0.542. The number of hydrogen-bond acceptors (Lipinski definition) is 4. The number of nitrogens with zero attached hydrogens (tertiary/aromatic N) is 3. The highest BCUT2D eigenvalue weighted by Gasteiger charge is 2.16. The van der Waals surface area contributed by atoms with Gasteiger partial charge in [0.1, 0.15) is 5.82 Å². The van der Waals surface area contributed by atoms with Gasteiger partial charge in [-0.3, -0.25) is 14.9 Å². The second kappa shape index (κ2) is 5.83. The number of rotatable bonds is 4.